The number of hydrogen-bond acceptors (Lipinski definition) is 6. The topological polar surface area (TPSA) is 69.3 Å². The van der Waals surface area contributed by atoms with Crippen LogP contribution < -0.4 is 19.5 Å². The third kappa shape index (κ3) is 4.10. The van der Waals surface area contributed by atoms with Gasteiger partial charge in [0.1, 0.15) is 0 Å². The highest BCUT2D eigenvalue weighted by Crippen LogP contribution is 2.38. The molecule has 0 bridgehead atoms. The van der Waals surface area contributed by atoms with Crippen LogP contribution in [0.1, 0.15) is 5.56 Å². The monoisotopic (exact) mass is 338 g/mol. The Bertz CT molecular complexity index is 553. The molecule has 1 aromatic carbocycles. The lowest BCUT2D eigenvalue weighted by atomic mass is 10.1. The summed E-state index contributed by atoms with van der Waals surface area (Å²) in [5.41, 5.74) is 0.794. The van der Waals surface area contributed by atoms with E-state index in [9.17, 15) is 4.79 Å². The number of hydrogen-bond donors (Lipinski definition) is 1. The average Bonchev–Trinajstić information content (AvgIpc) is 2.92. The van der Waals surface area contributed by atoms with Gasteiger partial charge < -0.3 is 29.2 Å². The highest BCUT2D eigenvalue weighted by atomic mass is 16.5. The molecule has 1 amide bonds. The van der Waals surface area contributed by atoms with Crippen LogP contribution in [0, 0.1) is 0 Å². The van der Waals surface area contributed by atoms with Gasteiger partial charge in [0.2, 0.25) is 11.7 Å². The maximum atomic E-state index is 12.4. The summed E-state index contributed by atoms with van der Waals surface area (Å²) in [5, 5.41) is 3.04. The Labute approximate surface area is 142 Å². The number of methoxy groups -OCH3 is 4. The summed E-state index contributed by atoms with van der Waals surface area (Å²) in [7, 11) is 8.34. The zero-order chi connectivity index (χ0) is 17.7. The Balaban J connectivity index is 2.08. The van der Waals surface area contributed by atoms with Gasteiger partial charge in [-0.05, 0) is 24.7 Å². The van der Waals surface area contributed by atoms with E-state index in [0.717, 1.165) is 18.7 Å². The molecule has 2 unspecified atom stereocenters. The van der Waals surface area contributed by atoms with E-state index in [1.807, 2.05) is 7.05 Å². The molecule has 0 saturated carbocycles. The lowest BCUT2D eigenvalue weighted by molar-refractivity contribution is -0.121. The van der Waals surface area contributed by atoms with E-state index in [-0.39, 0.29) is 24.5 Å². The summed E-state index contributed by atoms with van der Waals surface area (Å²) in [6.07, 6.45) is 0.242. The maximum Gasteiger partial charge on any atom is 0.224 e. The highest BCUT2D eigenvalue weighted by Gasteiger charge is 2.31. The van der Waals surface area contributed by atoms with E-state index >= 15 is 0 Å². The number of likely N-dealkylation sites (N-methyl/N-ethyl adjacent to an activating group) is 1. The summed E-state index contributed by atoms with van der Waals surface area (Å²) in [5.74, 6) is 1.53. The Kier molecular flexibility index (Phi) is 6.28. The fourth-order valence-corrected chi connectivity index (χ4v) is 3.02. The van der Waals surface area contributed by atoms with Gasteiger partial charge in [0.05, 0.1) is 39.9 Å². The molecule has 24 heavy (non-hydrogen) atoms. The number of nitrogens with one attached hydrogen (secondary N) is 1. The molecule has 7 nitrogen and oxygen atoms in total. The number of nitrogens with zero attached hydrogens (tertiary/aromatic N) is 1. The Hall–Kier alpha value is -1.99. The molecule has 1 aliphatic heterocycles. The van der Waals surface area contributed by atoms with Crippen molar-refractivity contribution in [3.63, 3.8) is 0 Å². The van der Waals surface area contributed by atoms with Gasteiger partial charge in [-0.3, -0.25) is 4.79 Å². The van der Waals surface area contributed by atoms with Crippen molar-refractivity contribution in [2.75, 3.05) is 48.6 Å². The van der Waals surface area contributed by atoms with Crippen molar-refractivity contribution in [2.45, 2.75) is 18.6 Å². The molecule has 2 atom stereocenters. The van der Waals surface area contributed by atoms with Gasteiger partial charge in [0.15, 0.2) is 11.5 Å². The highest BCUT2D eigenvalue weighted by molar-refractivity contribution is 5.79. The van der Waals surface area contributed by atoms with Crippen molar-refractivity contribution < 1.29 is 23.7 Å². The Morgan fingerprint density at radius 1 is 1.12 bits per heavy atom. The number of benzene rings is 1. The van der Waals surface area contributed by atoms with Crippen molar-refractivity contribution in [1.29, 1.82) is 0 Å². The number of rotatable bonds is 7. The molecule has 1 fully saturated rings. The van der Waals surface area contributed by atoms with Gasteiger partial charge >= 0.3 is 0 Å². The molecule has 7 heteroatoms. The number of likely N-dealkylation sites (tertiary alicyclic amines) is 1. The molecular weight excluding hydrogens is 312 g/mol. The summed E-state index contributed by atoms with van der Waals surface area (Å²) < 4.78 is 21.4. The minimum atomic E-state index is -0.0633. The summed E-state index contributed by atoms with van der Waals surface area (Å²) >= 11 is 0. The summed E-state index contributed by atoms with van der Waals surface area (Å²) in [4.78, 5) is 14.5. The smallest absolute Gasteiger partial charge is 0.224 e. The lowest BCUT2D eigenvalue weighted by Gasteiger charge is -2.19. The average molecular weight is 338 g/mol. The van der Waals surface area contributed by atoms with E-state index in [4.69, 9.17) is 18.9 Å². The third-order valence-corrected chi connectivity index (χ3v) is 4.19. The van der Waals surface area contributed by atoms with Gasteiger partial charge in [0.25, 0.3) is 0 Å². The Morgan fingerprint density at radius 3 is 2.25 bits per heavy atom. The first-order chi connectivity index (χ1) is 11.5. The molecule has 1 aromatic rings. The predicted molar refractivity (Wildman–Crippen MR) is 90.0 cm³/mol. The van der Waals surface area contributed by atoms with Crippen molar-refractivity contribution >= 4 is 5.91 Å². The number of ether oxygens (including phenoxy) is 4. The van der Waals surface area contributed by atoms with Crippen LogP contribution in [0.5, 0.6) is 17.2 Å². The summed E-state index contributed by atoms with van der Waals surface area (Å²) in [6, 6.07) is 3.57. The van der Waals surface area contributed by atoms with E-state index in [2.05, 4.69) is 10.2 Å². The number of carbonyl (C=O) groups is 1. The van der Waals surface area contributed by atoms with Crippen LogP contribution >= 0.6 is 0 Å². The van der Waals surface area contributed by atoms with Gasteiger partial charge in [-0.1, -0.05) is 0 Å². The van der Waals surface area contributed by atoms with Crippen LogP contribution in [0.25, 0.3) is 0 Å². The van der Waals surface area contributed by atoms with Crippen molar-refractivity contribution in [3.05, 3.63) is 17.7 Å². The molecule has 1 heterocycles. The largest absolute Gasteiger partial charge is 0.493 e. The standard InChI is InChI=1S/C17H26N2O5/c1-19-9-12(15(10-19)23-4)18-16(20)8-11-6-13(21-2)17(24-5)14(7-11)22-3/h6-7,12,15H,8-10H2,1-5H3,(H,18,20). The minimum absolute atomic E-state index is 0.00506. The molecule has 0 aromatic heterocycles. The number of carbonyl (C=O) groups excluding carboxylic acids is 1. The van der Waals surface area contributed by atoms with E-state index in [0.29, 0.717) is 17.2 Å². The second-order valence-corrected chi connectivity index (χ2v) is 5.88. The maximum absolute atomic E-state index is 12.4. The van der Waals surface area contributed by atoms with Gasteiger partial charge in [-0.15, -0.1) is 0 Å². The summed E-state index contributed by atoms with van der Waals surface area (Å²) in [6.45, 7) is 1.59. The molecule has 1 saturated heterocycles. The lowest BCUT2D eigenvalue weighted by Crippen LogP contribution is -2.44. The first-order valence-electron chi connectivity index (χ1n) is 7.82. The Morgan fingerprint density at radius 2 is 1.75 bits per heavy atom. The quantitative estimate of drug-likeness (QED) is 0.789. The van der Waals surface area contributed by atoms with Crippen LogP contribution in [-0.2, 0) is 16.0 Å². The first kappa shape index (κ1) is 18.4. The van der Waals surface area contributed by atoms with Gasteiger partial charge in [-0.25, -0.2) is 0 Å². The van der Waals surface area contributed by atoms with Gasteiger partial charge in [0, 0.05) is 20.2 Å². The second-order valence-electron chi connectivity index (χ2n) is 5.88. The van der Waals surface area contributed by atoms with Crippen LogP contribution in [0.15, 0.2) is 12.1 Å². The zero-order valence-corrected chi connectivity index (χ0v) is 14.9. The molecular formula is C17H26N2O5. The molecule has 134 valence electrons. The normalized spacial score (nSPS) is 20.7. The predicted octanol–water partition coefficient (Wildman–Crippen LogP) is 0.700. The zero-order valence-electron chi connectivity index (χ0n) is 14.9. The first-order valence-corrected chi connectivity index (χ1v) is 7.82. The van der Waals surface area contributed by atoms with E-state index in [1.165, 1.54) is 0 Å². The third-order valence-electron chi connectivity index (χ3n) is 4.19. The van der Waals surface area contributed by atoms with Crippen LogP contribution in [0.4, 0.5) is 0 Å². The van der Waals surface area contributed by atoms with E-state index < -0.39 is 0 Å². The fourth-order valence-electron chi connectivity index (χ4n) is 3.02. The van der Waals surface area contributed by atoms with E-state index in [1.54, 1.807) is 40.6 Å². The molecule has 0 radical (unpaired) electrons. The van der Waals surface area contributed by atoms with Crippen molar-refractivity contribution in [1.82, 2.24) is 10.2 Å². The molecule has 0 aliphatic carbocycles. The minimum Gasteiger partial charge on any atom is -0.493 e. The molecule has 1 aliphatic rings. The van der Waals surface area contributed by atoms with Crippen LogP contribution in [-0.4, -0.2) is 71.5 Å². The number of amides is 1. The fraction of sp³-hybridized carbons (Fsp3) is 0.588. The molecule has 0 spiro atoms. The van der Waals surface area contributed by atoms with Crippen LogP contribution in [0.2, 0.25) is 0 Å². The van der Waals surface area contributed by atoms with Crippen molar-refractivity contribution in [2.24, 2.45) is 0 Å². The second kappa shape index (κ2) is 8.21. The molecule has 2 rings (SSSR count). The van der Waals surface area contributed by atoms with Gasteiger partial charge in [-0.2, -0.15) is 0 Å². The van der Waals surface area contributed by atoms with Crippen molar-refractivity contribution in [3.8, 4) is 17.2 Å². The SMILES string of the molecule is COc1cc(CC(=O)NC2CN(C)CC2OC)cc(OC)c1OC. The van der Waals surface area contributed by atoms with Crippen LogP contribution in [0.3, 0.4) is 0 Å². The molecule has 1 N–H and O–H groups in total.